The number of carbonyl (C=O) groups is 1. The summed E-state index contributed by atoms with van der Waals surface area (Å²) < 4.78 is 11.6. The molecule has 6 nitrogen and oxygen atoms in total. The van der Waals surface area contributed by atoms with Crippen molar-refractivity contribution in [1.82, 2.24) is 0 Å². The molecule has 2 aromatic carbocycles. The number of allylic oxidation sites excluding steroid dienone is 2. The van der Waals surface area contributed by atoms with Crippen molar-refractivity contribution in [1.29, 1.82) is 0 Å². The molecule has 2 heterocycles. The topological polar surface area (TPSA) is 96.2 Å². The predicted octanol–water partition coefficient (Wildman–Crippen LogP) is 3.95. The molecule has 0 saturated heterocycles. The fourth-order valence-electron chi connectivity index (χ4n) is 3.78. The third-order valence-electron chi connectivity index (χ3n) is 5.13. The van der Waals surface area contributed by atoms with Gasteiger partial charge in [0.25, 0.3) is 0 Å². The van der Waals surface area contributed by atoms with Crippen LogP contribution in [0.15, 0.2) is 29.8 Å². The molecule has 0 amide bonds. The zero-order valence-corrected chi connectivity index (χ0v) is 15.8. The standard InChI is InChI=1S/C22H22O6/c1-11(2)3-4-14-15(7-12-5-6-27-22(12)21(14)26)18-10-17(25)20-16(24)8-13(23)9-19(20)28-18/h3,7-9,18,23-24,26H,4-6,10H2,1-2H3/t18-/m0/s1. The summed E-state index contributed by atoms with van der Waals surface area (Å²) >= 11 is 0. The molecule has 0 spiro atoms. The molecule has 2 aliphatic rings. The third-order valence-corrected chi connectivity index (χ3v) is 5.13. The average molecular weight is 382 g/mol. The maximum Gasteiger partial charge on any atom is 0.174 e. The van der Waals surface area contributed by atoms with Gasteiger partial charge in [0, 0.05) is 35.2 Å². The van der Waals surface area contributed by atoms with Crippen LogP contribution in [0.2, 0.25) is 0 Å². The average Bonchev–Trinajstić information content (AvgIpc) is 3.08. The Morgan fingerprint density at radius 2 is 2.00 bits per heavy atom. The number of benzene rings is 2. The van der Waals surface area contributed by atoms with E-state index in [4.69, 9.17) is 9.47 Å². The van der Waals surface area contributed by atoms with E-state index < -0.39 is 6.10 Å². The number of ketones is 1. The van der Waals surface area contributed by atoms with E-state index in [1.807, 2.05) is 26.0 Å². The Labute approximate surface area is 162 Å². The molecule has 2 aromatic rings. The Kier molecular flexibility index (Phi) is 4.41. The van der Waals surface area contributed by atoms with Crippen LogP contribution in [0, 0.1) is 0 Å². The van der Waals surface area contributed by atoms with Crippen LogP contribution in [0.1, 0.15) is 53.4 Å². The smallest absolute Gasteiger partial charge is 0.174 e. The van der Waals surface area contributed by atoms with E-state index in [-0.39, 0.29) is 40.8 Å². The molecule has 4 rings (SSSR count). The molecular weight excluding hydrogens is 360 g/mol. The largest absolute Gasteiger partial charge is 0.508 e. The molecule has 0 bridgehead atoms. The normalized spacial score (nSPS) is 17.4. The number of phenolic OH excluding ortho intramolecular Hbond substituents is 3. The highest BCUT2D eigenvalue weighted by Gasteiger charge is 2.34. The van der Waals surface area contributed by atoms with Crippen LogP contribution in [0.5, 0.6) is 28.7 Å². The molecule has 6 heteroatoms. The van der Waals surface area contributed by atoms with Crippen LogP contribution in [0.25, 0.3) is 0 Å². The van der Waals surface area contributed by atoms with Gasteiger partial charge in [-0.05, 0) is 26.3 Å². The number of hydrogen-bond acceptors (Lipinski definition) is 6. The fourth-order valence-corrected chi connectivity index (χ4v) is 3.78. The molecule has 0 radical (unpaired) electrons. The highest BCUT2D eigenvalue weighted by molar-refractivity contribution is 6.02. The molecule has 0 aliphatic carbocycles. The Balaban J connectivity index is 1.81. The zero-order valence-electron chi connectivity index (χ0n) is 15.8. The molecule has 0 fully saturated rings. The fraction of sp³-hybridized carbons (Fsp3) is 0.318. The zero-order chi connectivity index (χ0) is 20.0. The van der Waals surface area contributed by atoms with Gasteiger partial charge in [-0.25, -0.2) is 0 Å². The van der Waals surface area contributed by atoms with Crippen molar-refractivity contribution in [3.8, 4) is 28.7 Å². The van der Waals surface area contributed by atoms with E-state index in [9.17, 15) is 20.1 Å². The van der Waals surface area contributed by atoms with E-state index >= 15 is 0 Å². The SMILES string of the molecule is CC(C)=CCc1c([C@@H]2CC(=O)c3c(O)cc(O)cc3O2)cc2c(c1O)OCC2. The lowest BCUT2D eigenvalue weighted by atomic mass is 9.89. The van der Waals surface area contributed by atoms with Crippen molar-refractivity contribution in [2.24, 2.45) is 0 Å². The van der Waals surface area contributed by atoms with Crippen molar-refractivity contribution in [2.45, 2.75) is 39.2 Å². The molecule has 2 aliphatic heterocycles. The molecular formula is C22H22O6. The molecule has 28 heavy (non-hydrogen) atoms. The first-order chi connectivity index (χ1) is 13.3. The van der Waals surface area contributed by atoms with E-state index in [1.54, 1.807) is 0 Å². The maximum atomic E-state index is 12.7. The summed E-state index contributed by atoms with van der Waals surface area (Å²) in [7, 11) is 0. The summed E-state index contributed by atoms with van der Waals surface area (Å²) in [6.45, 7) is 4.45. The van der Waals surface area contributed by atoms with Crippen LogP contribution in [0.3, 0.4) is 0 Å². The van der Waals surface area contributed by atoms with Gasteiger partial charge < -0.3 is 24.8 Å². The van der Waals surface area contributed by atoms with Crippen molar-refractivity contribution in [3.63, 3.8) is 0 Å². The lowest BCUT2D eigenvalue weighted by Gasteiger charge is -2.28. The van der Waals surface area contributed by atoms with Crippen LogP contribution >= 0.6 is 0 Å². The second kappa shape index (κ2) is 6.78. The summed E-state index contributed by atoms with van der Waals surface area (Å²) in [5, 5.41) is 30.6. The number of fused-ring (bicyclic) bond motifs is 2. The van der Waals surface area contributed by atoms with Crippen LogP contribution in [-0.4, -0.2) is 27.7 Å². The minimum Gasteiger partial charge on any atom is -0.508 e. The lowest BCUT2D eigenvalue weighted by Crippen LogP contribution is -2.21. The Morgan fingerprint density at radius 3 is 2.75 bits per heavy atom. The summed E-state index contributed by atoms with van der Waals surface area (Å²) in [6.07, 6.45) is 2.56. The van der Waals surface area contributed by atoms with E-state index in [1.165, 1.54) is 6.07 Å². The van der Waals surface area contributed by atoms with Crippen LogP contribution in [0.4, 0.5) is 0 Å². The minimum absolute atomic E-state index is 0.0340. The lowest BCUT2D eigenvalue weighted by molar-refractivity contribution is 0.0843. The van der Waals surface area contributed by atoms with E-state index in [0.29, 0.717) is 30.8 Å². The Hall–Kier alpha value is -3.15. The third kappa shape index (κ3) is 3.05. The van der Waals surface area contributed by atoms with Gasteiger partial charge in [0.1, 0.15) is 28.9 Å². The first-order valence-corrected chi connectivity index (χ1v) is 9.24. The highest BCUT2D eigenvalue weighted by atomic mass is 16.5. The van der Waals surface area contributed by atoms with Gasteiger partial charge in [-0.3, -0.25) is 4.79 Å². The van der Waals surface area contributed by atoms with E-state index in [2.05, 4.69) is 0 Å². The molecule has 1 atom stereocenters. The Morgan fingerprint density at radius 1 is 1.21 bits per heavy atom. The number of aromatic hydroxyl groups is 3. The summed E-state index contributed by atoms with van der Waals surface area (Å²) in [6, 6.07) is 4.38. The van der Waals surface area contributed by atoms with Gasteiger partial charge in [0.05, 0.1) is 13.0 Å². The number of rotatable bonds is 3. The van der Waals surface area contributed by atoms with Crippen LogP contribution in [-0.2, 0) is 12.8 Å². The molecule has 0 aromatic heterocycles. The molecule has 0 unspecified atom stereocenters. The summed E-state index contributed by atoms with van der Waals surface area (Å²) in [4.78, 5) is 12.7. The monoisotopic (exact) mass is 382 g/mol. The van der Waals surface area contributed by atoms with Gasteiger partial charge in [-0.2, -0.15) is 0 Å². The minimum atomic E-state index is -0.626. The van der Waals surface area contributed by atoms with Gasteiger partial charge in [0.15, 0.2) is 17.3 Å². The number of ether oxygens (including phenoxy) is 2. The van der Waals surface area contributed by atoms with Gasteiger partial charge in [-0.15, -0.1) is 0 Å². The number of Topliss-reactive ketones (excluding diaryl/α,β-unsaturated/α-hetero) is 1. The van der Waals surface area contributed by atoms with Gasteiger partial charge >= 0.3 is 0 Å². The predicted molar refractivity (Wildman–Crippen MR) is 103 cm³/mol. The summed E-state index contributed by atoms with van der Waals surface area (Å²) in [5.41, 5.74) is 3.45. The van der Waals surface area contributed by atoms with E-state index in [0.717, 1.165) is 22.8 Å². The van der Waals surface area contributed by atoms with Crippen LogP contribution < -0.4 is 9.47 Å². The van der Waals surface area contributed by atoms with Crippen molar-refractivity contribution >= 4 is 5.78 Å². The van der Waals surface area contributed by atoms with Crippen molar-refractivity contribution in [2.75, 3.05) is 6.61 Å². The second-order valence-corrected chi connectivity index (χ2v) is 7.44. The Bertz CT molecular complexity index is 1000. The first-order valence-electron chi connectivity index (χ1n) is 9.24. The maximum absolute atomic E-state index is 12.7. The highest BCUT2D eigenvalue weighted by Crippen LogP contribution is 2.46. The quantitative estimate of drug-likeness (QED) is 0.696. The first kappa shape index (κ1) is 18.2. The molecule has 146 valence electrons. The molecule has 3 N–H and O–H groups in total. The number of carbonyl (C=O) groups excluding carboxylic acids is 1. The molecule has 0 saturated carbocycles. The van der Waals surface area contributed by atoms with Crippen molar-refractivity contribution < 1.29 is 29.6 Å². The van der Waals surface area contributed by atoms with Gasteiger partial charge in [0.2, 0.25) is 0 Å². The van der Waals surface area contributed by atoms with Crippen molar-refractivity contribution in [3.05, 3.63) is 52.1 Å². The van der Waals surface area contributed by atoms with Gasteiger partial charge in [-0.1, -0.05) is 11.6 Å². The number of hydrogen-bond donors (Lipinski definition) is 3. The number of phenols is 3. The summed E-state index contributed by atoms with van der Waals surface area (Å²) in [5.74, 6) is -0.0220. The second-order valence-electron chi connectivity index (χ2n) is 7.44.